The van der Waals surface area contributed by atoms with Gasteiger partial charge in [-0.1, -0.05) is 53.9 Å². The van der Waals surface area contributed by atoms with E-state index in [1.165, 1.54) is 51.9 Å². The summed E-state index contributed by atoms with van der Waals surface area (Å²) in [6.45, 7) is 13.6. The summed E-state index contributed by atoms with van der Waals surface area (Å²) >= 11 is 0. The van der Waals surface area contributed by atoms with Crippen LogP contribution in [0.3, 0.4) is 0 Å². The first kappa shape index (κ1) is 25.4. The lowest BCUT2D eigenvalue weighted by Gasteiger charge is -2.64. The maximum absolute atomic E-state index is 12.6. The number of fused-ring (bicyclic) bond motifs is 4. The van der Waals surface area contributed by atoms with Crippen molar-refractivity contribution < 1.29 is 23.8 Å². The Kier molecular flexibility index (Phi) is 6.49. The Morgan fingerprint density at radius 2 is 1.83 bits per heavy atom. The molecule has 5 nitrogen and oxygen atoms in total. The molecular weight excluding hydrogens is 440 g/mol. The molecule has 4 aliphatic carbocycles. The predicted molar refractivity (Wildman–Crippen MR) is 135 cm³/mol. The van der Waals surface area contributed by atoms with Crippen molar-refractivity contribution in [2.45, 2.75) is 130 Å². The molecule has 0 aromatic rings. The number of esters is 1. The summed E-state index contributed by atoms with van der Waals surface area (Å²) in [7, 11) is 0. The Bertz CT molecular complexity index is 839. The van der Waals surface area contributed by atoms with E-state index in [1.54, 1.807) is 0 Å². The molecular formula is C30H48O5. The highest BCUT2D eigenvalue weighted by molar-refractivity contribution is 5.66. The normalized spacial score (nSPS) is 47.1. The minimum absolute atomic E-state index is 0.119. The number of carbonyl (C=O) groups excluding carboxylic acids is 2. The molecule has 198 valence electrons. The van der Waals surface area contributed by atoms with Gasteiger partial charge in [-0.3, -0.25) is 4.79 Å². The molecule has 0 N–H and O–H groups in total. The van der Waals surface area contributed by atoms with Crippen LogP contribution in [0.1, 0.15) is 112 Å². The van der Waals surface area contributed by atoms with Crippen molar-refractivity contribution in [2.24, 2.45) is 46.3 Å². The lowest BCUT2D eigenvalue weighted by atomic mass is 9.42. The van der Waals surface area contributed by atoms with Gasteiger partial charge in [0.05, 0.1) is 0 Å². The summed E-state index contributed by atoms with van der Waals surface area (Å²) in [4.78, 5) is 24.3. The van der Waals surface area contributed by atoms with Gasteiger partial charge in [-0.15, -0.1) is 0 Å². The monoisotopic (exact) mass is 488 g/mol. The Morgan fingerprint density at radius 3 is 2.54 bits per heavy atom. The van der Waals surface area contributed by atoms with E-state index in [0.717, 1.165) is 37.0 Å². The highest BCUT2D eigenvalue weighted by Gasteiger charge is 2.73. The van der Waals surface area contributed by atoms with Crippen molar-refractivity contribution in [1.82, 2.24) is 0 Å². The SMILES string of the molecule is CC(=O)O[C@H]1CC[C@]2(C)[C@H]3CC[C@]4(C)[C@@H]([C@H](C)CCCC(C)C)CC[C@H]4[C@@H]3C[C@@H]3OC(=O)O[C@@]32C1. The maximum Gasteiger partial charge on any atom is 0.509 e. The van der Waals surface area contributed by atoms with E-state index >= 15 is 0 Å². The molecule has 0 aromatic carbocycles. The van der Waals surface area contributed by atoms with Crippen LogP contribution in [0.25, 0.3) is 0 Å². The zero-order valence-electron chi connectivity index (χ0n) is 22.9. The van der Waals surface area contributed by atoms with Crippen molar-refractivity contribution in [2.75, 3.05) is 0 Å². The summed E-state index contributed by atoms with van der Waals surface area (Å²) < 4.78 is 17.7. The quantitative estimate of drug-likeness (QED) is 0.367. The van der Waals surface area contributed by atoms with Gasteiger partial charge in [-0.25, -0.2) is 4.79 Å². The summed E-state index contributed by atoms with van der Waals surface area (Å²) in [6, 6.07) is 0. The fraction of sp³-hybridized carbons (Fsp3) is 0.933. The fourth-order valence-corrected chi connectivity index (χ4v) is 10.2. The molecule has 4 saturated carbocycles. The van der Waals surface area contributed by atoms with Gasteiger partial charge in [0.25, 0.3) is 0 Å². The molecule has 0 bridgehead atoms. The molecule has 5 aliphatic rings. The van der Waals surface area contributed by atoms with Crippen LogP contribution in [0.4, 0.5) is 4.79 Å². The third-order valence-corrected chi connectivity index (χ3v) is 11.8. The van der Waals surface area contributed by atoms with Crippen molar-refractivity contribution >= 4 is 12.1 Å². The van der Waals surface area contributed by atoms with Crippen LogP contribution in [0, 0.1) is 46.3 Å². The van der Waals surface area contributed by atoms with Gasteiger partial charge in [0, 0.05) is 18.8 Å². The van der Waals surface area contributed by atoms with Gasteiger partial charge in [0.15, 0.2) is 5.60 Å². The van der Waals surface area contributed by atoms with Gasteiger partial charge in [0.1, 0.15) is 12.2 Å². The second-order valence-electron chi connectivity index (χ2n) is 13.9. The molecule has 5 fully saturated rings. The highest BCUT2D eigenvalue weighted by atomic mass is 16.8. The molecule has 1 spiro atoms. The lowest BCUT2D eigenvalue weighted by Crippen LogP contribution is -2.67. The molecule has 0 radical (unpaired) electrons. The van der Waals surface area contributed by atoms with E-state index in [9.17, 15) is 9.59 Å². The van der Waals surface area contributed by atoms with Crippen LogP contribution < -0.4 is 0 Å². The Labute approximate surface area is 212 Å². The fourth-order valence-electron chi connectivity index (χ4n) is 10.2. The number of ether oxygens (including phenoxy) is 3. The maximum atomic E-state index is 12.6. The first-order chi connectivity index (χ1) is 16.5. The summed E-state index contributed by atoms with van der Waals surface area (Å²) in [6.07, 6.45) is 11.6. The minimum Gasteiger partial charge on any atom is -0.462 e. The van der Waals surface area contributed by atoms with Gasteiger partial charge in [-0.2, -0.15) is 0 Å². The first-order valence-electron chi connectivity index (χ1n) is 14.6. The minimum atomic E-state index is -0.653. The van der Waals surface area contributed by atoms with E-state index < -0.39 is 11.8 Å². The second-order valence-corrected chi connectivity index (χ2v) is 13.9. The second kappa shape index (κ2) is 8.94. The number of hydrogen-bond donors (Lipinski definition) is 0. The molecule has 0 unspecified atom stereocenters. The van der Waals surface area contributed by atoms with Crippen LogP contribution in [-0.4, -0.2) is 29.9 Å². The van der Waals surface area contributed by atoms with E-state index in [1.807, 2.05) is 0 Å². The first-order valence-corrected chi connectivity index (χ1v) is 14.6. The van der Waals surface area contributed by atoms with Crippen molar-refractivity contribution in [3.8, 4) is 0 Å². The van der Waals surface area contributed by atoms with Gasteiger partial charge >= 0.3 is 12.1 Å². The van der Waals surface area contributed by atoms with Crippen LogP contribution in [-0.2, 0) is 19.0 Å². The zero-order valence-corrected chi connectivity index (χ0v) is 22.9. The summed E-state index contributed by atoms with van der Waals surface area (Å²) in [5.74, 6) is 3.97. The third-order valence-electron chi connectivity index (χ3n) is 11.8. The molecule has 5 rings (SSSR count). The number of carbonyl (C=O) groups is 2. The van der Waals surface area contributed by atoms with E-state index in [4.69, 9.17) is 14.2 Å². The van der Waals surface area contributed by atoms with Crippen LogP contribution in [0.5, 0.6) is 0 Å². The largest absolute Gasteiger partial charge is 0.509 e. The molecule has 1 aliphatic heterocycles. The molecule has 35 heavy (non-hydrogen) atoms. The lowest BCUT2D eigenvalue weighted by molar-refractivity contribution is -0.227. The average molecular weight is 489 g/mol. The standard InChI is InChI=1S/C30H48O5/c1-18(2)8-7-9-19(3)23-10-11-24-22-16-26-30(35-27(32)34-26)17-21(33-20(4)31)12-15-29(30,6)25(22)13-14-28(23,24)5/h18-19,21-26H,7-17H2,1-6H3/t19-,21+,22+,23-,24+,25+,26+,28-,29-,30+/m1/s1. The Morgan fingerprint density at radius 1 is 1.06 bits per heavy atom. The van der Waals surface area contributed by atoms with Crippen molar-refractivity contribution in [3.05, 3.63) is 0 Å². The zero-order chi connectivity index (χ0) is 25.2. The Hall–Kier alpha value is -1.26. The van der Waals surface area contributed by atoms with Crippen molar-refractivity contribution in [1.29, 1.82) is 0 Å². The third kappa shape index (κ3) is 3.93. The summed E-state index contributed by atoms with van der Waals surface area (Å²) in [5.41, 5.74) is -0.377. The number of rotatable bonds is 6. The highest BCUT2D eigenvalue weighted by Crippen LogP contribution is 2.71. The van der Waals surface area contributed by atoms with E-state index in [0.29, 0.717) is 29.6 Å². The van der Waals surface area contributed by atoms with Gasteiger partial charge in [0.2, 0.25) is 0 Å². The van der Waals surface area contributed by atoms with Crippen molar-refractivity contribution in [3.63, 3.8) is 0 Å². The van der Waals surface area contributed by atoms with Crippen LogP contribution >= 0.6 is 0 Å². The topological polar surface area (TPSA) is 61.8 Å². The van der Waals surface area contributed by atoms with E-state index in [2.05, 4.69) is 34.6 Å². The molecule has 1 heterocycles. The molecule has 10 atom stereocenters. The molecule has 5 heteroatoms. The van der Waals surface area contributed by atoms with Crippen LogP contribution in [0.2, 0.25) is 0 Å². The predicted octanol–water partition coefficient (Wildman–Crippen LogP) is 7.31. The average Bonchev–Trinajstić information content (AvgIpc) is 3.28. The molecule has 1 saturated heterocycles. The van der Waals surface area contributed by atoms with Crippen LogP contribution in [0.15, 0.2) is 0 Å². The van der Waals surface area contributed by atoms with E-state index in [-0.39, 0.29) is 23.6 Å². The molecule has 0 aromatic heterocycles. The van der Waals surface area contributed by atoms with Gasteiger partial charge in [-0.05, 0) is 85.9 Å². The smallest absolute Gasteiger partial charge is 0.462 e. The summed E-state index contributed by atoms with van der Waals surface area (Å²) in [5, 5.41) is 0. The van der Waals surface area contributed by atoms with Gasteiger partial charge < -0.3 is 14.2 Å². The number of hydrogen-bond acceptors (Lipinski definition) is 5. The molecule has 0 amide bonds. The Balaban J connectivity index is 1.38.